The number of nitrogens with one attached hydrogen (secondary N) is 1. The number of fused-ring (bicyclic) bond motifs is 1. The highest BCUT2D eigenvalue weighted by molar-refractivity contribution is 5.91. The van der Waals surface area contributed by atoms with Crippen LogP contribution in [0.3, 0.4) is 0 Å². The first kappa shape index (κ1) is 19.5. The SMILES string of the molecule is Cc1ccc(NC(=O)CCn2cnc3c(cnn3-c3ccc(F)cc3)c2=O)c(C)c1. The van der Waals surface area contributed by atoms with Gasteiger partial charge in [0.15, 0.2) is 5.65 Å². The van der Waals surface area contributed by atoms with Crippen LogP contribution < -0.4 is 10.9 Å². The fourth-order valence-corrected chi connectivity index (χ4v) is 3.27. The zero-order valence-electron chi connectivity index (χ0n) is 16.6. The predicted octanol–water partition coefficient (Wildman–Crippen LogP) is 3.37. The maximum atomic E-state index is 13.2. The van der Waals surface area contributed by atoms with Gasteiger partial charge >= 0.3 is 0 Å². The molecule has 0 unspecified atom stereocenters. The molecule has 152 valence electrons. The van der Waals surface area contributed by atoms with Gasteiger partial charge in [-0.25, -0.2) is 14.1 Å². The maximum absolute atomic E-state index is 13.2. The highest BCUT2D eigenvalue weighted by Crippen LogP contribution is 2.17. The molecule has 0 aliphatic heterocycles. The van der Waals surface area contributed by atoms with Crippen molar-refractivity contribution >= 4 is 22.6 Å². The summed E-state index contributed by atoms with van der Waals surface area (Å²) in [6.07, 6.45) is 2.96. The van der Waals surface area contributed by atoms with Crippen molar-refractivity contribution in [3.8, 4) is 5.69 Å². The molecular weight excluding hydrogens is 385 g/mol. The molecule has 1 N–H and O–H groups in total. The molecule has 0 bridgehead atoms. The topological polar surface area (TPSA) is 81.8 Å². The predicted molar refractivity (Wildman–Crippen MR) is 112 cm³/mol. The summed E-state index contributed by atoms with van der Waals surface area (Å²) in [4.78, 5) is 29.4. The molecule has 0 fully saturated rings. The van der Waals surface area contributed by atoms with E-state index in [0.29, 0.717) is 16.7 Å². The first-order chi connectivity index (χ1) is 14.4. The van der Waals surface area contributed by atoms with Crippen LogP contribution in [0.1, 0.15) is 17.5 Å². The second kappa shape index (κ2) is 7.90. The number of carbonyl (C=O) groups is 1. The molecule has 4 rings (SSSR count). The Morgan fingerprint density at radius 3 is 2.63 bits per heavy atom. The van der Waals surface area contributed by atoms with Gasteiger partial charge in [-0.15, -0.1) is 0 Å². The molecule has 0 aliphatic rings. The molecule has 0 spiro atoms. The molecule has 0 saturated carbocycles. The molecule has 0 aliphatic carbocycles. The van der Waals surface area contributed by atoms with Crippen molar-refractivity contribution in [2.75, 3.05) is 5.32 Å². The minimum absolute atomic E-state index is 0.131. The molecule has 4 aromatic rings. The molecule has 1 amide bonds. The van der Waals surface area contributed by atoms with Gasteiger partial charge in [0, 0.05) is 18.7 Å². The normalized spacial score (nSPS) is 11.0. The quantitative estimate of drug-likeness (QED) is 0.552. The third kappa shape index (κ3) is 3.84. The summed E-state index contributed by atoms with van der Waals surface area (Å²) >= 11 is 0. The van der Waals surface area contributed by atoms with E-state index in [1.54, 1.807) is 12.1 Å². The smallest absolute Gasteiger partial charge is 0.264 e. The van der Waals surface area contributed by atoms with Crippen molar-refractivity contribution in [3.05, 3.63) is 82.3 Å². The standard InChI is InChI=1S/C22H20FN5O2/c1-14-3-8-19(15(2)11-14)26-20(29)9-10-27-13-24-21-18(22(27)30)12-25-28(21)17-6-4-16(23)5-7-17/h3-8,11-13H,9-10H2,1-2H3,(H,26,29). The molecular formula is C22H20FN5O2. The number of halogens is 1. The molecule has 8 heteroatoms. The number of aryl methyl sites for hydroxylation is 3. The van der Waals surface area contributed by atoms with Gasteiger partial charge in [-0.1, -0.05) is 17.7 Å². The van der Waals surface area contributed by atoms with Crippen LogP contribution in [-0.2, 0) is 11.3 Å². The van der Waals surface area contributed by atoms with Crippen molar-refractivity contribution < 1.29 is 9.18 Å². The number of anilines is 1. The van der Waals surface area contributed by atoms with Crippen LogP contribution in [0.5, 0.6) is 0 Å². The largest absolute Gasteiger partial charge is 0.326 e. The third-order valence-electron chi connectivity index (χ3n) is 4.86. The van der Waals surface area contributed by atoms with E-state index >= 15 is 0 Å². The number of carbonyl (C=O) groups excluding carboxylic acids is 1. The third-order valence-corrected chi connectivity index (χ3v) is 4.86. The monoisotopic (exact) mass is 405 g/mol. The van der Waals surface area contributed by atoms with Crippen molar-refractivity contribution in [2.24, 2.45) is 0 Å². The highest BCUT2D eigenvalue weighted by atomic mass is 19.1. The summed E-state index contributed by atoms with van der Waals surface area (Å²) in [5.74, 6) is -0.541. The van der Waals surface area contributed by atoms with Gasteiger partial charge in [-0.3, -0.25) is 14.2 Å². The van der Waals surface area contributed by atoms with E-state index in [0.717, 1.165) is 16.8 Å². The van der Waals surface area contributed by atoms with Crippen LogP contribution >= 0.6 is 0 Å². The summed E-state index contributed by atoms with van der Waals surface area (Å²) in [6, 6.07) is 11.6. The van der Waals surface area contributed by atoms with E-state index in [1.165, 1.54) is 33.9 Å². The lowest BCUT2D eigenvalue weighted by Gasteiger charge is -2.10. The van der Waals surface area contributed by atoms with Crippen LogP contribution in [0.15, 0.2) is 59.8 Å². The van der Waals surface area contributed by atoms with E-state index in [9.17, 15) is 14.0 Å². The van der Waals surface area contributed by atoms with Crippen LogP contribution in [0, 0.1) is 19.7 Å². The number of hydrogen-bond donors (Lipinski definition) is 1. The summed E-state index contributed by atoms with van der Waals surface area (Å²) < 4.78 is 16.0. The lowest BCUT2D eigenvalue weighted by atomic mass is 10.1. The molecule has 0 radical (unpaired) electrons. The van der Waals surface area contributed by atoms with Gasteiger partial charge in [0.2, 0.25) is 5.91 Å². The second-order valence-corrected chi connectivity index (χ2v) is 7.13. The molecule has 2 aromatic carbocycles. The van der Waals surface area contributed by atoms with Crippen molar-refractivity contribution in [3.63, 3.8) is 0 Å². The molecule has 30 heavy (non-hydrogen) atoms. The van der Waals surface area contributed by atoms with Gasteiger partial charge in [0.05, 0.1) is 18.2 Å². The number of benzene rings is 2. The average molecular weight is 405 g/mol. The Hall–Kier alpha value is -3.81. The zero-order valence-corrected chi connectivity index (χ0v) is 16.6. The number of hydrogen-bond acceptors (Lipinski definition) is 4. The van der Waals surface area contributed by atoms with E-state index < -0.39 is 0 Å². The summed E-state index contributed by atoms with van der Waals surface area (Å²) in [6.45, 7) is 4.12. The van der Waals surface area contributed by atoms with Gasteiger partial charge in [0.25, 0.3) is 5.56 Å². The molecule has 7 nitrogen and oxygen atoms in total. The minimum atomic E-state index is -0.357. The van der Waals surface area contributed by atoms with E-state index in [4.69, 9.17) is 0 Å². The molecule has 2 aromatic heterocycles. The van der Waals surface area contributed by atoms with Gasteiger partial charge in [0.1, 0.15) is 11.2 Å². The van der Waals surface area contributed by atoms with Gasteiger partial charge in [-0.05, 0) is 49.7 Å². The first-order valence-electron chi connectivity index (χ1n) is 9.48. The Bertz CT molecular complexity index is 1290. The fraction of sp³-hybridized carbons (Fsp3) is 0.182. The molecule has 0 atom stereocenters. The zero-order chi connectivity index (χ0) is 21.3. The Kier molecular flexibility index (Phi) is 5.14. The van der Waals surface area contributed by atoms with Crippen LogP contribution in [0.2, 0.25) is 0 Å². The number of rotatable bonds is 5. The maximum Gasteiger partial charge on any atom is 0.264 e. The highest BCUT2D eigenvalue weighted by Gasteiger charge is 2.13. The Balaban J connectivity index is 1.51. The summed E-state index contributed by atoms with van der Waals surface area (Å²) in [5, 5.41) is 7.41. The molecule has 2 heterocycles. The van der Waals surface area contributed by atoms with Gasteiger partial charge < -0.3 is 5.32 Å². The van der Waals surface area contributed by atoms with E-state index in [2.05, 4.69) is 15.4 Å². The molecule has 0 saturated heterocycles. The lowest BCUT2D eigenvalue weighted by molar-refractivity contribution is -0.116. The Labute approximate surface area is 171 Å². The summed E-state index contributed by atoms with van der Waals surface area (Å²) in [7, 11) is 0. The minimum Gasteiger partial charge on any atom is -0.326 e. The van der Waals surface area contributed by atoms with Gasteiger partial charge in [-0.2, -0.15) is 5.10 Å². The number of nitrogens with zero attached hydrogens (tertiary/aromatic N) is 4. The Morgan fingerprint density at radius 1 is 1.13 bits per heavy atom. The van der Waals surface area contributed by atoms with E-state index in [-0.39, 0.29) is 30.2 Å². The van der Waals surface area contributed by atoms with Crippen molar-refractivity contribution in [2.45, 2.75) is 26.8 Å². The van der Waals surface area contributed by atoms with Crippen LogP contribution in [0.25, 0.3) is 16.7 Å². The van der Waals surface area contributed by atoms with Crippen LogP contribution in [0.4, 0.5) is 10.1 Å². The van der Waals surface area contributed by atoms with Crippen molar-refractivity contribution in [1.82, 2.24) is 19.3 Å². The van der Waals surface area contributed by atoms with Crippen LogP contribution in [-0.4, -0.2) is 25.2 Å². The second-order valence-electron chi connectivity index (χ2n) is 7.13. The number of aromatic nitrogens is 4. The first-order valence-corrected chi connectivity index (χ1v) is 9.48. The fourth-order valence-electron chi connectivity index (χ4n) is 3.27. The van der Waals surface area contributed by atoms with Crippen molar-refractivity contribution in [1.29, 1.82) is 0 Å². The lowest BCUT2D eigenvalue weighted by Crippen LogP contribution is -2.23. The summed E-state index contributed by atoms with van der Waals surface area (Å²) in [5.41, 5.74) is 3.56. The average Bonchev–Trinajstić information content (AvgIpc) is 3.15. The number of amides is 1. The Morgan fingerprint density at radius 2 is 1.90 bits per heavy atom. The van der Waals surface area contributed by atoms with E-state index in [1.807, 2.05) is 32.0 Å².